The number of carbonyl (C=O) groups excluding carboxylic acids is 2. The molecule has 172 valence electrons. The zero-order valence-corrected chi connectivity index (χ0v) is 20.8. The summed E-state index contributed by atoms with van der Waals surface area (Å²) in [5, 5.41) is 5.77. The number of aliphatic imine (C=N–C) groups is 1. The average Bonchev–Trinajstić information content (AvgIpc) is 3.07. The van der Waals surface area contributed by atoms with Crippen molar-refractivity contribution in [2.45, 2.75) is 79.0 Å². The molecule has 1 N–H and O–H groups in total. The molecule has 2 aliphatic rings. The van der Waals surface area contributed by atoms with E-state index in [9.17, 15) is 9.59 Å². The van der Waals surface area contributed by atoms with Crippen molar-refractivity contribution < 1.29 is 14.3 Å². The largest absolute Gasteiger partial charge is 0.456 e. The van der Waals surface area contributed by atoms with E-state index in [1.54, 1.807) is 0 Å². The summed E-state index contributed by atoms with van der Waals surface area (Å²) >= 11 is 1.48. The van der Waals surface area contributed by atoms with Crippen molar-refractivity contribution in [2.24, 2.45) is 4.99 Å². The van der Waals surface area contributed by atoms with Gasteiger partial charge in [-0.05, 0) is 64.5 Å². The Kier molecular flexibility index (Phi) is 7.18. The van der Waals surface area contributed by atoms with Crippen molar-refractivity contribution in [3.05, 3.63) is 57.8 Å². The van der Waals surface area contributed by atoms with Gasteiger partial charge in [0.15, 0.2) is 5.17 Å². The minimum absolute atomic E-state index is 0.0407. The van der Waals surface area contributed by atoms with Crippen molar-refractivity contribution >= 4 is 28.8 Å². The zero-order valence-electron chi connectivity index (χ0n) is 20.0. The molecule has 0 saturated heterocycles. The number of benzene rings is 1. The molecule has 0 aliphatic carbocycles. The lowest BCUT2D eigenvalue weighted by Gasteiger charge is -2.37. The minimum Gasteiger partial charge on any atom is -0.456 e. The molecule has 3 rings (SSSR count). The van der Waals surface area contributed by atoms with Crippen LogP contribution in [0.5, 0.6) is 0 Å². The fourth-order valence-electron chi connectivity index (χ4n) is 3.74. The molecule has 0 aromatic heterocycles. The summed E-state index contributed by atoms with van der Waals surface area (Å²) in [7, 11) is 0. The van der Waals surface area contributed by atoms with E-state index in [0.29, 0.717) is 11.3 Å². The number of nitrogens with zero attached hydrogens (tertiary/aromatic N) is 2. The van der Waals surface area contributed by atoms with Crippen LogP contribution in [0.25, 0.3) is 0 Å². The molecule has 2 aliphatic heterocycles. The number of amides is 1. The van der Waals surface area contributed by atoms with Crippen molar-refractivity contribution in [3.8, 4) is 0 Å². The third-order valence-electron chi connectivity index (χ3n) is 5.46. The van der Waals surface area contributed by atoms with Crippen LogP contribution in [0.4, 0.5) is 0 Å². The summed E-state index contributed by atoms with van der Waals surface area (Å²) in [4.78, 5) is 32.8. The molecule has 2 heterocycles. The Labute approximate surface area is 195 Å². The van der Waals surface area contributed by atoms with Crippen LogP contribution >= 0.6 is 11.8 Å². The molecule has 6 nitrogen and oxygen atoms in total. The number of fused-ring (bicyclic) bond motifs is 1. The van der Waals surface area contributed by atoms with Crippen LogP contribution < -0.4 is 5.32 Å². The number of rotatable bonds is 6. The molecule has 1 aromatic carbocycles. The van der Waals surface area contributed by atoms with E-state index in [1.807, 2.05) is 83.0 Å². The summed E-state index contributed by atoms with van der Waals surface area (Å²) in [5.74, 6) is -0.424. The third kappa shape index (κ3) is 5.26. The zero-order chi connectivity index (χ0) is 23.6. The molecule has 32 heavy (non-hydrogen) atoms. The van der Waals surface area contributed by atoms with Crippen LogP contribution in [0.3, 0.4) is 0 Å². The standard InChI is InChI=1S/C25H33N3O3S/c1-8-16(3)26-20(29)13-18-14-32-24-27-17(4)21(23(30)31-25(5,6)7)22(28(18)24)19-12-10-9-11-15(19)2/h9-12,14,16,22H,8,13H2,1-7H3,(H,26,29). The van der Waals surface area contributed by atoms with Gasteiger partial charge in [0.1, 0.15) is 5.60 Å². The summed E-state index contributed by atoms with van der Waals surface area (Å²) in [6.45, 7) is 13.5. The van der Waals surface area contributed by atoms with Crippen LogP contribution in [0.1, 0.15) is 71.6 Å². The number of thioether (sulfide) groups is 1. The van der Waals surface area contributed by atoms with Gasteiger partial charge in [0.05, 0.1) is 23.7 Å². The Balaban J connectivity index is 2.04. The number of nitrogens with one attached hydrogen (secondary N) is 1. The van der Waals surface area contributed by atoms with Crippen molar-refractivity contribution in [1.82, 2.24) is 10.2 Å². The smallest absolute Gasteiger partial charge is 0.338 e. The second-order valence-electron chi connectivity index (χ2n) is 9.31. The van der Waals surface area contributed by atoms with E-state index < -0.39 is 11.6 Å². The molecule has 2 unspecified atom stereocenters. The van der Waals surface area contributed by atoms with Crippen LogP contribution in [0.2, 0.25) is 0 Å². The number of allylic oxidation sites excluding steroid dienone is 1. The first-order valence-electron chi connectivity index (χ1n) is 11.0. The predicted octanol–water partition coefficient (Wildman–Crippen LogP) is 5.22. The highest BCUT2D eigenvalue weighted by Gasteiger charge is 2.42. The number of carbonyl (C=O) groups is 2. The van der Waals surface area contributed by atoms with Crippen molar-refractivity contribution in [1.29, 1.82) is 0 Å². The molecule has 7 heteroatoms. The quantitative estimate of drug-likeness (QED) is 0.596. The number of aryl methyl sites for hydroxylation is 1. The van der Waals surface area contributed by atoms with Gasteiger partial charge in [-0.25, -0.2) is 9.79 Å². The summed E-state index contributed by atoms with van der Waals surface area (Å²) < 4.78 is 5.77. The van der Waals surface area contributed by atoms with E-state index >= 15 is 0 Å². The highest BCUT2D eigenvalue weighted by atomic mass is 32.2. The molecular weight excluding hydrogens is 422 g/mol. The number of ether oxygens (including phenoxy) is 1. The van der Waals surface area contributed by atoms with Gasteiger partial charge >= 0.3 is 5.97 Å². The Bertz CT molecular complexity index is 1000. The van der Waals surface area contributed by atoms with Gasteiger partial charge in [-0.1, -0.05) is 43.0 Å². The van der Waals surface area contributed by atoms with Gasteiger partial charge in [0.2, 0.25) is 5.91 Å². The second kappa shape index (κ2) is 9.53. The Morgan fingerprint density at radius 1 is 1.25 bits per heavy atom. The van der Waals surface area contributed by atoms with Gasteiger partial charge < -0.3 is 15.0 Å². The molecule has 1 amide bonds. The molecular formula is C25H33N3O3S. The lowest BCUT2D eigenvalue weighted by Crippen LogP contribution is -2.40. The van der Waals surface area contributed by atoms with Gasteiger partial charge in [0.25, 0.3) is 0 Å². The monoisotopic (exact) mass is 455 g/mol. The van der Waals surface area contributed by atoms with E-state index in [2.05, 4.69) is 5.32 Å². The van der Waals surface area contributed by atoms with E-state index in [-0.39, 0.29) is 24.3 Å². The number of hydrogen-bond acceptors (Lipinski definition) is 6. The SMILES string of the molecule is CCC(C)NC(=O)CC1=CSC2=NC(C)=C(C(=O)OC(C)(C)C)C(c3ccccc3C)N12. The molecule has 0 bridgehead atoms. The van der Waals surface area contributed by atoms with Crippen LogP contribution in [-0.4, -0.2) is 33.6 Å². The van der Waals surface area contributed by atoms with Crippen LogP contribution in [0, 0.1) is 6.92 Å². The minimum atomic E-state index is -0.626. The first-order valence-corrected chi connectivity index (χ1v) is 11.9. The summed E-state index contributed by atoms with van der Waals surface area (Å²) in [6, 6.07) is 7.72. The van der Waals surface area contributed by atoms with E-state index in [0.717, 1.165) is 28.4 Å². The highest BCUT2D eigenvalue weighted by Crippen LogP contribution is 2.45. The maximum absolute atomic E-state index is 13.3. The molecule has 0 fully saturated rings. The number of amidine groups is 1. The highest BCUT2D eigenvalue weighted by molar-refractivity contribution is 8.16. The van der Waals surface area contributed by atoms with Crippen LogP contribution in [-0.2, 0) is 14.3 Å². The first-order chi connectivity index (χ1) is 15.0. The Hall–Kier alpha value is -2.54. The number of esters is 1. The fraction of sp³-hybridized carbons (Fsp3) is 0.480. The van der Waals surface area contributed by atoms with Gasteiger partial charge in [0, 0.05) is 11.7 Å². The predicted molar refractivity (Wildman–Crippen MR) is 130 cm³/mol. The lowest BCUT2D eigenvalue weighted by molar-refractivity contribution is -0.150. The topological polar surface area (TPSA) is 71.0 Å². The number of hydrogen-bond donors (Lipinski definition) is 1. The average molecular weight is 456 g/mol. The fourth-order valence-corrected chi connectivity index (χ4v) is 4.71. The van der Waals surface area contributed by atoms with E-state index in [4.69, 9.17) is 9.73 Å². The van der Waals surface area contributed by atoms with Crippen LogP contribution in [0.15, 0.2) is 51.6 Å². The van der Waals surface area contributed by atoms with Crippen molar-refractivity contribution in [2.75, 3.05) is 0 Å². The van der Waals surface area contributed by atoms with Gasteiger partial charge in [-0.15, -0.1) is 0 Å². The summed E-state index contributed by atoms with van der Waals surface area (Å²) in [5.41, 5.74) is 3.41. The van der Waals surface area contributed by atoms with Crippen molar-refractivity contribution in [3.63, 3.8) is 0 Å². The lowest BCUT2D eigenvalue weighted by atomic mass is 9.91. The third-order valence-corrected chi connectivity index (χ3v) is 6.35. The Morgan fingerprint density at radius 3 is 2.56 bits per heavy atom. The molecule has 0 saturated carbocycles. The normalized spacial score (nSPS) is 19.2. The second-order valence-corrected chi connectivity index (χ2v) is 10.1. The first kappa shape index (κ1) is 24.1. The van der Waals surface area contributed by atoms with E-state index in [1.165, 1.54) is 11.8 Å². The molecule has 0 radical (unpaired) electrons. The maximum atomic E-state index is 13.3. The maximum Gasteiger partial charge on any atom is 0.338 e. The Morgan fingerprint density at radius 2 is 1.94 bits per heavy atom. The molecule has 0 spiro atoms. The van der Waals surface area contributed by atoms with Gasteiger partial charge in [-0.3, -0.25) is 4.79 Å². The summed E-state index contributed by atoms with van der Waals surface area (Å²) in [6.07, 6.45) is 1.09. The molecule has 1 aromatic rings. The molecule has 2 atom stereocenters. The van der Waals surface area contributed by atoms with Gasteiger partial charge in [-0.2, -0.15) is 0 Å².